The molecule has 0 aliphatic carbocycles. The Hall–Kier alpha value is -2.07. The number of urea groups is 1. The quantitative estimate of drug-likeness (QED) is 0.329. The number of carbonyl (C=O) groups is 2. The van der Waals surface area contributed by atoms with E-state index in [4.69, 9.17) is 21.1 Å². The van der Waals surface area contributed by atoms with Crippen LogP contribution in [-0.4, -0.2) is 83.2 Å². The van der Waals surface area contributed by atoms with E-state index in [1.165, 1.54) is 13.5 Å². The predicted octanol–water partition coefficient (Wildman–Crippen LogP) is 3.58. The third kappa shape index (κ3) is 11.5. The minimum absolute atomic E-state index is 0.120. The number of hydrogen-bond donors (Lipinski definition) is 3. The van der Waals surface area contributed by atoms with Gasteiger partial charge in [0, 0.05) is 51.0 Å². The van der Waals surface area contributed by atoms with E-state index in [2.05, 4.69) is 27.6 Å². The molecule has 1 heterocycles. The smallest absolute Gasteiger partial charge is 0.406 e. The highest BCUT2D eigenvalue weighted by atomic mass is 35.5. The summed E-state index contributed by atoms with van der Waals surface area (Å²) in [5, 5.41) is 9.76. The van der Waals surface area contributed by atoms with Crippen LogP contribution in [0.5, 0.6) is 0 Å². The van der Waals surface area contributed by atoms with Gasteiger partial charge in [-0.05, 0) is 55.8 Å². The predicted molar refractivity (Wildman–Crippen MR) is 137 cm³/mol. The fourth-order valence-corrected chi connectivity index (χ4v) is 4.36. The van der Waals surface area contributed by atoms with E-state index in [-0.39, 0.29) is 18.2 Å². The summed E-state index contributed by atoms with van der Waals surface area (Å²) in [6.45, 7) is 6.27. The summed E-state index contributed by atoms with van der Waals surface area (Å²) < 4.78 is 16.2. The number of rotatable bonds is 14. The number of alkyl carbamates (subject to hydrolysis) is 1. The Bertz CT molecular complexity index is 763. The van der Waals surface area contributed by atoms with E-state index < -0.39 is 6.09 Å². The highest BCUT2D eigenvalue weighted by molar-refractivity contribution is 6.30. The Balaban J connectivity index is 1.84. The second-order valence-electron chi connectivity index (χ2n) is 8.80. The number of nitrogens with zero attached hydrogens (tertiary/aromatic N) is 1. The first-order valence-corrected chi connectivity index (χ1v) is 12.8. The van der Waals surface area contributed by atoms with Crippen molar-refractivity contribution in [2.24, 2.45) is 5.92 Å². The average molecular weight is 513 g/mol. The first-order chi connectivity index (χ1) is 16.9. The van der Waals surface area contributed by atoms with Crippen molar-refractivity contribution in [2.75, 3.05) is 60.2 Å². The summed E-state index contributed by atoms with van der Waals surface area (Å²) in [7, 11) is 3.09. The Morgan fingerprint density at radius 1 is 1.31 bits per heavy atom. The van der Waals surface area contributed by atoms with E-state index in [9.17, 15) is 9.59 Å². The second kappa shape index (κ2) is 16.6. The van der Waals surface area contributed by atoms with Crippen LogP contribution in [0.3, 0.4) is 0 Å². The minimum Gasteiger partial charge on any atom is -0.453 e. The maximum atomic E-state index is 12.8. The zero-order valence-electron chi connectivity index (χ0n) is 21.2. The molecule has 0 radical (unpaired) electrons. The van der Waals surface area contributed by atoms with E-state index in [0.717, 1.165) is 38.2 Å². The van der Waals surface area contributed by atoms with E-state index in [0.29, 0.717) is 43.6 Å². The van der Waals surface area contributed by atoms with Crippen molar-refractivity contribution in [1.29, 1.82) is 0 Å². The van der Waals surface area contributed by atoms with Crippen LogP contribution in [0.25, 0.3) is 0 Å². The van der Waals surface area contributed by atoms with E-state index in [1.807, 2.05) is 18.2 Å². The number of halogens is 1. The molecular formula is C25H41ClN4O5. The number of benzene rings is 1. The lowest BCUT2D eigenvalue weighted by atomic mass is 9.94. The SMILES string of the molecule is CCN[C@H](CNC(=O)N(C)CC[C@@H](OCCNC(=O)OC)c1cccc(Cl)c1)C[C@H]1CCCOC1. The van der Waals surface area contributed by atoms with Gasteiger partial charge in [-0.2, -0.15) is 0 Å². The molecule has 0 saturated carbocycles. The number of ether oxygens (including phenoxy) is 3. The fourth-order valence-electron chi connectivity index (χ4n) is 4.16. The molecule has 1 fully saturated rings. The highest BCUT2D eigenvalue weighted by Crippen LogP contribution is 2.24. The first kappa shape index (κ1) is 29.2. The van der Waals surface area contributed by atoms with Crippen molar-refractivity contribution in [3.8, 4) is 0 Å². The monoisotopic (exact) mass is 512 g/mol. The minimum atomic E-state index is -0.504. The molecular weight excluding hydrogens is 472 g/mol. The summed E-state index contributed by atoms with van der Waals surface area (Å²) in [5.41, 5.74) is 0.922. The Kier molecular flexibility index (Phi) is 13.8. The van der Waals surface area contributed by atoms with Crippen molar-refractivity contribution in [3.63, 3.8) is 0 Å². The van der Waals surface area contributed by atoms with Crippen molar-refractivity contribution in [3.05, 3.63) is 34.9 Å². The normalized spacial score (nSPS) is 17.3. The molecule has 0 aromatic heterocycles. The van der Waals surface area contributed by atoms with Crippen molar-refractivity contribution in [1.82, 2.24) is 20.9 Å². The molecule has 3 atom stereocenters. The number of amides is 3. The molecule has 0 unspecified atom stereocenters. The van der Waals surface area contributed by atoms with Crippen LogP contribution < -0.4 is 16.0 Å². The molecule has 0 bridgehead atoms. The lowest BCUT2D eigenvalue weighted by Gasteiger charge is -2.28. The van der Waals surface area contributed by atoms with Gasteiger partial charge in [0.25, 0.3) is 0 Å². The van der Waals surface area contributed by atoms with Gasteiger partial charge in [0.1, 0.15) is 0 Å². The van der Waals surface area contributed by atoms with Crippen LogP contribution in [0.1, 0.15) is 44.3 Å². The zero-order chi connectivity index (χ0) is 25.5. The third-order valence-corrected chi connectivity index (χ3v) is 6.27. The summed E-state index contributed by atoms with van der Waals surface area (Å²) in [5.74, 6) is 0.534. The number of nitrogens with one attached hydrogen (secondary N) is 3. The number of hydrogen-bond acceptors (Lipinski definition) is 6. The van der Waals surface area contributed by atoms with Gasteiger partial charge in [0.15, 0.2) is 0 Å². The number of carbonyl (C=O) groups excluding carboxylic acids is 2. The lowest BCUT2D eigenvalue weighted by molar-refractivity contribution is 0.0437. The average Bonchev–Trinajstić information content (AvgIpc) is 2.86. The molecule has 1 aliphatic heterocycles. The van der Waals surface area contributed by atoms with Crippen LogP contribution in [0.4, 0.5) is 9.59 Å². The topological polar surface area (TPSA) is 101 Å². The molecule has 35 heavy (non-hydrogen) atoms. The van der Waals surface area contributed by atoms with Gasteiger partial charge in [-0.15, -0.1) is 0 Å². The van der Waals surface area contributed by atoms with Gasteiger partial charge >= 0.3 is 12.1 Å². The lowest BCUT2D eigenvalue weighted by Crippen LogP contribution is -2.46. The van der Waals surface area contributed by atoms with Crippen LogP contribution in [0.15, 0.2) is 24.3 Å². The molecule has 1 saturated heterocycles. The van der Waals surface area contributed by atoms with Crippen LogP contribution in [0, 0.1) is 5.92 Å². The molecule has 2 rings (SSSR count). The third-order valence-electron chi connectivity index (χ3n) is 6.03. The molecule has 10 heteroatoms. The first-order valence-electron chi connectivity index (χ1n) is 12.4. The van der Waals surface area contributed by atoms with Gasteiger partial charge in [-0.1, -0.05) is 30.7 Å². The maximum Gasteiger partial charge on any atom is 0.406 e. The molecule has 0 spiro atoms. The van der Waals surface area contributed by atoms with Crippen LogP contribution >= 0.6 is 11.6 Å². The van der Waals surface area contributed by atoms with Crippen LogP contribution in [-0.2, 0) is 14.2 Å². The summed E-state index contributed by atoms with van der Waals surface area (Å²) >= 11 is 6.17. The Morgan fingerprint density at radius 2 is 2.14 bits per heavy atom. The van der Waals surface area contributed by atoms with Crippen molar-refractivity contribution in [2.45, 2.75) is 44.8 Å². The summed E-state index contributed by atoms with van der Waals surface area (Å²) in [6, 6.07) is 7.57. The standard InChI is InChI=1S/C25H41ClN4O5/c1-4-27-22(15-19-7-6-13-34-18-19)17-29-24(31)30(2)12-10-23(20-8-5-9-21(26)16-20)35-14-11-28-25(32)33-3/h5,8-9,16,19,22-23,27H,4,6-7,10-15,17-18H2,1-3H3,(H,28,32)(H,29,31)/t19-,22+,23-/m1/s1. The Labute approximate surface area is 214 Å². The largest absolute Gasteiger partial charge is 0.453 e. The van der Waals surface area contributed by atoms with Crippen molar-refractivity contribution >= 4 is 23.7 Å². The molecule has 9 nitrogen and oxygen atoms in total. The molecule has 1 aromatic carbocycles. The van der Waals surface area contributed by atoms with Crippen molar-refractivity contribution < 1.29 is 23.8 Å². The molecule has 1 aliphatic rings. The molecule has 3 amide bonds. The molecule has 3 N–H and O–H groups in total. The zero-order valence-corrected chi connectivity index (χ0v) is 21.9. The molecule has 198 valence electrons. The van der Waals surface area contributed by atoms with Gasteiger partial charge in [0.05, 0.1) is 19.8 Å². The summed E-state index contributed by atoms with van der Waals surface area (Å²) in [4.78, 5) is 25.7. The fraction of sp³-hybridized carbons (Fsp3) is 0.680. The van der Waals surface area contributed by atoms with Gasteiger partial charge < -0.3 is 35.1 Å². The van der Waals surface area contributed by atoms with E-state index >= 15 is 0 Å². The molecule has 1 aromatic rings. The number of likely N-dealkylation sites (N-methyl/N-ethyl adjacent to an activating group) is 1. The van der Waals surface area contributed by atoms with Gasteiger partial charge in [-0.3, -0.25) is 0 Å². The Morgan fingerprint density at radius 3 is 2.83 bits per heavy atom. The van der Waals surface area contributed by atoms with E-state index in [1.54, 1.807) is 18.0 Å². The summed E-state index contributed by atoms with van der Waals surface area (Å²) in [6.07, 6.45) is 3.07. The van der Waals surface area contributed by atoms with Crippen LogP contribution in [0.2, 0.25) is 5.02 Å². The van der Waals surface area contributed by atoms with Gasteiger partial charge in [-0.25, -0.2) is 9.59 Å². The second-order valence-corrected chi connectivity index (χ2v) is 9.24. The number of methoxy groups -OCH3 is 1. The maximum absolute atomic E-state index is 12.8. The highest BCUT2D eigenvalue weighted by Gasteiger charge is 2.21. The van der Waals surface area contributed by atoms with Gasteiger partial charge in [0.2, 0.25) is 0 Å².